The van der Waals surface area contributed by atoms with E-state index >= 15 is 0 Å². The number of carbonyl (C=O) groups excluding carboxylic acids is 4. The lowest BCUT2D eigenvalue weighted by Crippen LogP contribution is -2.52. The maximum absolute atomic E-state index is 13.4. The first-order valence-electron chi connectivity index (χ1n) is 14.7. The summed E-state index contributed by atoms with van der Waals surface area (Å²) >= 11 is 0. The molecule has 10 nitrogen and oxygen atoms in total. The highest BCUT2D eigenvalue weighted by atomic mass is 16.5. The Kier molecular flexibility index (Phi) is 13.1. The van der Waals surface area contributed by atoms with Crippen molar-refractivity contribution in [3.8, 4) is 5.75 Å². The highest BCUT2D eigenvalue weighted by Gasteiger charge is 2.31. The number of carbonyl (C=O) groups is 4. The average molecular weight is 560 g/mol. The van der Waals surface area contributed by atoms with Crippen LogP contribution in [0.3, 0.4) is 0 Å². The van der Waals surface area contributed by atoms with Gasteiger partial charge in [-0.25, -0.2) is 9.59 Å². The lowest BCUT2D eigenvalue weighted by molar-refractivity contribution is -0.146. The second-order valence-corrected chi connectivity index (χ2v) is 10.7. The minimum atomic E-state index is -1.02. The first kappa shape index (κ1) is 31.2. The topological polar surface area (TPSA) is 123 Å². The molecule has 1 aromatic rings. The molecule has 10 heteroatoms. The van der Waals surface area contributed by atoms with Crippen LogP contribution in [0.5, 0.6) is 5.75 Å². The molecule has 0 saturated heterocycles. The molecule has 40 heavy (non-hydrogen) atoms. The molecule has 2 N–H and O–H groups in total. The molecule has 0 aromatic heterocycles. The van der Waals surface area contributed by atoms with Gasteiger partial charge in [0.2, 0.25) is 11.8 Å². The fourth-order valence-electron chi connectivity index (χ4n) is 5.32. The molecule has 1 aliphatic carbocycles. The number of para-hydroxylation sites is 1. The number of nitrogens with one attached hydrogen (secondary N) is 2. The zero-order valence-corrected chi connectivity index (χ0v) is 24.0. The van der Waals surface area contributed by atoms with Crippen LogP contribution in [-0.2, 0) is 30.4 Å². The molecule has 0 radical (unpaired) electrons. The van der Waals surface area contributed by atoms with Gasteiger partial charge in [-0.05, 0) is 31.2 Å². The molecular formula is C30H45N3O7. The Hall–Kier alpha value is -3.30. The zero-order valence-electron chi connectivity index (χ0n) is 24.0. The smallest absolute Gasteiger partial charge is 0.407 e. The van der Waals surface area contributed by atoms with Gasteiger partial charge < -0.3 is 29.7 Å². The van der Waals surface area contributed by atoms with Gasteiger partial charge in [0.15, 0.2) is 0 Å². The number of rotatable bonds is 13. The summed E-state index contributed by atoms with van der Waals surface area (Å²) in [5.41, 5.74) is 0.921. The third kappa shape index (κ3) is 10.0. The third-order valence-electron chi connectivity index (χ3n) is 7.64. The van der Waals surface area contributed by atoms with E-state index in [4.69, 9.17) is 14.2 Å². The first-order valence-corrected chi connectivity index (χ1v) is 14.7. The molecule has 222 valence electrons. The highest BCUT2D eigenvalue weighted by molar-refractivity contribution is 5.90. The summed E-state index contributed by atoms with van der Waals surface area (Å²) < 4.78 is 16.0. The molecule has 0 spiro atoms. The number of hydrogen-bond donors (Lipinski definition) is 2. The maximum atomic E-state index is 13.4. The number of amides is 3. The molecule has 2 atom stereocenters. The van der Waals surface area contributed by atoms with Crippen LogP contribution in [-0.4, -0.2) is 67.7 Å². The lowest BCUT2D eigenvalue weighted by Gasteiger charge is -2.28. The fourth-order valence-corrected chi connectivity index (χ4v) is 5.32. The molecule has 2 aliphatic rings. The number of benzene rings is 1. The summed E-state index contributed by atoms with van der Waals surface area (Å²) in [6, 6.07) is 5.73. The van der Waals surface area contributed by atoms with Crippen molar-refractivity contribution in [2.75, 3.05) is 26.9 Å². The van der Waals surface area contributed by atoms with E-state index in [9.17, 15) is 19.2 Å². The molecule has 1 aromatic carbocycles. The summed E-state index contributed by atoms with van der Waals surface area (Å²) in [6.07, 6.45) is 8.03. The third-order valence-corrected chi connectivity index (χ3v) is 7.64. The van der Waals surface area contributed by atoms with Crippen molar-refractivity contribution in [3.05, 3.63) is 29.8 Å². The van der Waals surface area contributed by atoms with Gasteiger partial charge in [0.25, 0.3) is 0 Å². The van der Waals surface area contributed by atoms with Crippen molar-refractivity contribution in [1.82, 2.24) is 15.5 Å². The van der Waals surface area contributed by atoms with Gasteiger partial charge in [-0.1, -0.05) is 70.1 Å². The van der Waals surface area contributed by atoms with Crippen molar-refractivity contribution < 1.29 is 33.4 Å². The highest BCUT2D eigenvalue weighted by Crippen LogP contribution is 2.28. The van der Waals surface area contributed by atoms with Crippen LogP contribution < -0.4 is 15.4 Å². The minimum Gasteiger partial charge on any atom is -0.491 e. The number of fused-ring (bicyclic) bond motifs is 1. The molecule has 1 aliphatic heterocycles. The van der Waals surface area contributed by atoms with Crippen molar-refractivity contribution >= 4 is 23.9 Å². The van der Waals surface area contributed by atoms with Gasteiger partial charge in [0.1, 0.15) is 24.4 Å². The van der Waals surface area contributed by atoms with Crippen molar-refractivity contribution in [3.63, 3.8) is 0 Å². The van der Waals surface area contributed by atoms with E-state index < -0.39 is 30.1 Å². The van der Waals surface area contributed by atoms with Crippen molar-refractivity contribution in [1.29, 1.82) is 0 Å². The van der Waals surface area contributed by atoms with Gasteiger partial charge in [0.05, 0.1) is 20.3 Å². The largest absolute Gasteiger partial charge is 0.491 e. The van der Waals surface area contributed by atoms with Crippen LogP contribution in [0.15, 0.2) is 24.3 Å². The minimum absolute atomic E-state index is 0.0441. The molecular weight excluding hydrogens is 514 g/mol. The molecule has 1 saturated carbocycles. The Balaban J connectivity index is 1.60. The Morgan fingerprint density at radius 3 is 2.58 bits per heavy atom. The Bertz CT molecular complexity index is 980. The van der Waals surface area contributed by atoms with E-state index in [1.54, 1.807) is 4.90 Å². The predicted molar refractivity (Wildman–Crippen MR) is 150 cm³/mol. The summed E-state index contributed by atoms with van der Waals surface area (Å²) in [5.74, 6) is -0.189. The number of hydrogen-bond acceptors (Lipinski definition) is 7. The monoisotopic (exact) mass is 559 g/mol. The second-order valence-electron chi connectivity index (χ2n) is 10.7. The molecule has 3 rings (SSSR count). The van der Waals surface area contributed by atoms with E-state index in [1.807, 2.05) is 24.3 Å². The van der Waals surface area contributed by atoms with Crippen molar-refractivity contribution in [2.24, 2.45) is 5.92 Å². The van der Waals surface area contributed by atoms with Crippen molar-refractivity contribution in [2.45, 2.75) is 96.2 Å². The number of esters is 1. The van der Waals surface area contributed by atoms with Crippen LogP contribution in [0, 0.1) is 5.92 Å². The van der Waals surface area contributed by atoms with Gasteiger partial charge in [-0.15, -0.1) is 0 Å². The van der Waals surface area contributed by atoms with E-state index in [-0.39, 0.29) is 25.4 Å². The van der Waals surface area contributed by atoms with E-state index in [0.29, 0.717) is 32.0 Å². The second kappa shape index (κ2) is 16.7. The van der Waals surface area contributed by atoms with Crippen LogP contribution in [0.25, 0.3) is 0 Å². The standard InChI is InChI=1S/C30H45N3O7/c1-3-4-10-18-40-30(37)32-25(20-22-11-6-5-7-12-22)28(35)31-24(29(36)38-2)15-16-27(34)33-17-19-39-26-14-9-8-13-23(26)21-33/h8-9,13-14,22,24-25H,3-7,10-12,15-21H2,1-2H3,(H,31,35)(H,32,37). The molecule has 1 heterocycles. The summed E-state index contributed by atoms with van der Waals surface area (Å²) in [6.45, 7) is 3.57. The quantitative estimate of drug-likeness (QED) is 0.276. The van der Waals surface area contributed by atoms with Crippen LogP contribution in [0.4, 0.5) is 4.79 Å². The van der Waals surface area contributed by atoms with Crippen LogP contribution >= 0.6 is 0 Å². The lowest BCUT2D eigenvalue weighted by atomic mass is 9.84. The van der Waals surface area contributed by atoms with E-state index in [1.165, 1.54) is 13.5 Å². The molecule has 3 amide bonds. The number of alkyl carbamates (subject to hydrolysis) is 1. The number of ether oxygens (including phenoxy) is 3. The van der Waals surface area contributed by atoms with E-state index in [2.05, 4.69) is 17.6 Å². The average Bonchev–Trinajstić information content (AvgIpc) is 3.20. The molecule has 2 unspecified atom stereocenters. The Labute approximate surface area is 237 Å². The fraction of sp³-hybridized carbons (Fsp3) is 0.667. The SMILES string of the molecule is CCCCCOC(=O)NC(CC1CCCCC1)C(=O)NC(CCC(=O)N1CCOc2ccccc2C1)C(=O)OC. The number of methoxy groups -OCH3 is 1. The van der Waals surface area contributed by atoms with Gasteiger partial charge >= 0.3 is 12.1 Å². The summed E-state index contributed by atoms with van der Waals surface area (Å²) in [5, 5.41) is 5.47. The van der Waals surface area contributed by atoms with Crippen LogP contribution in [0.2, 0.25) is 0 Å². The Morgan fingerprint density at radius 2 is 1.82 bits per heavy atom. The zero-order chi connectivity index (χ0) is 28.7. The number of unbranched alkanes of at least 4 members (excludes halogenated alkanes) is 2. The van der Waals surface area contributed by atoms with Gasteiger partial charge in [-0.2, -0.15) is 0 Å². The Morgan fingerprint density at radius 1 is 1.05 bits per heavy atom. The van der Waals surface area contributed by atoms with Gasteiger partial charge in [0, 0.05) is 18.5 Å². The molecule has 0 bridgehead atoms. The molecule has 1 fully saturated rings. The first-order chi connectivity index (χ1) is 19.4. The normalized spacial score (nSPS) is 16.9. The van der Waals surface area contributed by atoms with E-state index in [0.717, 1.165) is 56.3 Å². The maximum Gasteiger partial charge on any atom is 0.407 e. The summed E-state index contributed by atoms with van der Waals surface area (Å²) in [4.78, 5) is 53.2. The van der Waals surface area contributed by atoms with Gasteiger partial charge in [-0.3, -0.25) is 9.59 Å². The predicted octanol–water partition coefficient (Wildman–Crippen LogP) is 4.10. The number of nitrogens with zero attached hydrogens (tertiary/aromatic N) is 1. The summed E-state index contributed by atoms with van der Waals surface area (Å²) in [7, 11) is 1.25. The van der Waals surface area contributed by atoms with Crippen LogP contribution in [0.1, 0.15) is 83.1 Å².